The molecule has 0 radical (unpaired) electrons. The van der Waals surface area contributed by atoms with E-state index in [0.717, 1.165) is 12.8 Å². The minimum atomic E-state index is -2.28. The maximum absolute atomic E-state index is 11.8. The van der Waals surface area contributed by atoms with Crippen LogP contribution in [0.1, 0.15) is 26.7 Å². The van der Waals surface area contributed by atoms with E-state index in [1.54, 1.807) is 0 Å². The fraction of sp³-hybridized carbons (Fsp3) is 0.778. The zero-order chi connectivity index (χ0) is 9.45. The van der Waals surface area contributed by atoms with E-state index >= 15 is 0 Å². The lowest BCUT2D eigenvalue weighted by molar-refractivity contribution is 0.333. The molecule has 0 rings (SSSR count). The van der Waals surface area contributed by atoms with Gasteiger partial charge in [0.05, 0.1) is 6.61 Å². The van der Waals surface area contributed by atoms with Crippen LogP contribution in [0.4, 0.5) is 0 Å². The van der Waals surface area contributed by atoms with Gasteiger partial charge in [-0.2, -0.15) is 0 Å². The summed E-state index contributed by atoms with van der Waals surface area (Å²) in [6.45, 7) is 7.98. The Kier molecular flexibility index (Phi) is 6.41. The monoisotopic (exact) mass is 190 g/mol. The summed E-state index contributed by atoms with van der Waals surface area (Å²) < 4.78 is 17.0. The van der Waals surface area contributed by atoms with Gasteiger partial charge in [-0.05, 0) is 19.8 Å². The second-order valence-corrected chi connectivity index (χ2v) is 5.67. The predicted octanol–water partition coefficient (Wildman–Crippen LogP) is 3.29. The van der Waals surface area contributed by atoms with Crippen LogP contribution in [0, 0.1) is 0 Å². The Morgan fingerprint density at radius 3 is 2.58 bits per heavy atom. The SMILES string of the molecule is C=CCCCP(=O)(CC)OCC. The van der Waals surface area contributed by atoms with Crippen molar-refractivity contribution in [1.82, 2.24) is 0 Å². The quantitative estimate of drug-likeness (QED) is 0.350. The average molecular weight is 190 g/mol. The molecular formula is C9H19O2P. The first-order chi connectivity index (χ1) is 5.68. The molecule has 0 fully saturated rings. The Morgan fingerprint density at radius 2 is 2.17 bits per heavy atom. The van der Waals surface area contributed by atoms with Gasteiger partial charge in [-0.15, -0.1) is 6.58 Å². The summed E-state index contributed by atoms with van der Waals surface area (Å²) in [5, 5.41) is 0. The summed E-state index contributed by atoms with van der Waals surface area (Å²) >= 11 is 0. The second kappa shape index (κ2) is 6.45. The molecule has 0 aliphatic rings. The normalized spacial score (nSPS) is 15.5. The molecule has 2 nitrogen and oxygen atoms in total. The van der Waals surface area contributed by atoms with Crippen LogP contribution in [0.25, 0.3) is 0 Å². The first-order valence-corrected chi connectivity index (χ1v) is 6.51. The number of unbranched alkanes of at least 4 members (excludes halogenated alkanes) is 1. The maximum Gasteiger partial charge on any atom is 0.202 e. The maximum atomic E-state index is 11.8. The van der Waals surface area contributed by atoms with E-state index in [4.69, 9.17) is 4.52 Å². The van der Waals surface area contributed by atoms with Crippen LogP contribution in [0.5, 0.6) is 0 Å². The van der Waals surface area contributed by atoms with E-state index in [2.05, 4.69) is 6.58 Å². The average Bonchev–Trinajstić information content (AvgIpc) is 2.06. The van der Waals surface area contributed by atoms with E-state index in [1.807, 2.05) is 19.9 Å². The molecule has 72 valence electrons. The van der Waals surface area contributed by atoms with E-state index in [-0.39, 0.29) is 0 Å². The van der Waals surface area contributed by atoms with Gasteiger partial charge in [-0.1, -0.05) is 13.0 Å². The molecule has 0 saturated carbocycles. The minimum Gasteiger partial charge on any atom is -0.329 e. The molecule has 0 aromatic rings. The van der Waals surface area contributed by atoms with Gasteiger partial charge in [-0.3, -0.25) is 4.57 Å². The molecule has 0 spiro atoms. The van der Waals surface area contributed by atoms with Crippen molar-refractivity contribution >= 4 is 7.37 Å². The Bertz CT molecular complexity index is 166. The molecule has 0 N–H and O–H groups in total. The summed E-state index contributed by atoms with van der Waals surface area (Å²) in [5.74, 6) is 0. The van der Waals surface area contributed by atoms with E-state index in [1.165, 1.54) is 0 Å². The lowest BCUT2D eigenvalue weighted by Gasteiger charge is -2.14. The fourth-order valence-corrected chi connectivity index (χ4v) is 2.79. The molecule has 12 heavy (non-hydrogen) atoms. The highest BCUT2D eigenvalue weighted by molar-refractivity contribution is 7.58. The van der Waals surface area contributed by atoms with Crippen LogP contribution in [-0.2, 0) is 9.09 Å². The molecule has 0 bridgehead atoms. The Hall–Kier alpha value is -0.0700. The number of allylic oxidation sites excluding steroid dienone is 1. The highest BCUT2D eigenvalue weighted by Gasteiger charge is 2.18. The molecular weight excluding hydrogens is 171 g/mol. The van der Waals surface area contributed by atoms with Gasteiger partial charge < -0.3 is 4.52 Å². The van der Waals surface area contributed by atoms with Crippen molar-refractivity contribution in [3.63, 3.8) is 0 Å². The Balaban J connectivity index is 3.79. The summed E-state index contributed by atoms with van der Waals surface area (Å²) in [6.07, 6.45) is 5.05. The van der Waals surface area contributed by atoms with Crippen molar-refractivity contribution in [2.45, 2.75) is 26.7 Å². The molecule has 0 aliphatic carbocycles. The van der Waals surface area contributed by atoms with E-state index in [9.17, 15) is 4.57 Å². The van der Waals surface area contributed by atoms with Crippen LogP contribution >= 0.6 is 7.37 Å². The predicted molar refractivity (Wildman–Crippen MR) is 54.1 cm³/mol. The highest BCUT2D eigenvalue weighted by Crippen LogP contribution is 2.46. The van der Waals surface area contributed by atoms with Crippen molar-refractivity contribution in [2.75, 3.05) is 18.9 Å². The lowest BCUT2D eigenvalue weighted by atomic mass is 10.3. The van der Waals surface area contributed by atoms with E-state index < -0.39 is 7.37 Å². The molecule has 1 atom stereocenters. The van der Waals surface area contributed by atoms with E-state index in [0.29, 0.717) is 18.9 Å². The molecule has 0 amide bonds. The van der Waals surface area contributed by atoms with Gasteiger partial charge in [0.1, 0.15) is 0 Å². The molecule has 0 aromatic heterocycles. The first-order valence-electron chi connectivity index (χ1n) is 4.52. The van der Waals surface area contributed by atoms with Crippen LogP contribution < -0.4 is 0 Å². The third-order valence-electron chi connectivity index (χ3n) is 1.75. The van der Waals surface area contributed by atoms with Crippen molar-refractivity contribution in [3.8, 4) is 0 Å². The van der Waals surface area contributed by atoms with Crippen LogP contribution in [0.3, 0.4) is 0 Å². The van der Waals surface area contributed by atoms with Crippen molar-refractivity contribution in [2.24, 2.45) is 0 Å². The van der Waals surface area contributed by atoms with Gasteiger partial charge in [0, 0.05) is 12.3 Å². The van der Waals surface area contributed by atoms with Gasteiger partial charge in [0.2, 0.25) is 7.37 Å². The molecule has 0 saturated heterocycles. The van der Waals surface area contributed by atoms with Crippen molar-refractivity contribution in [1.29, 1.82) is 0 Å². The Labute approximate surface area is 75.5 Å². The second-order valence-electron chi connectivity index (χ2n) is 2.70. The summed E-state index contributed by atoms with van der Waals surface area (Å²) in [6, 6.07) is 0. The number of hydrogen-bond donors (Lipinski definition) is 0. The minimum absolute atomic E-state index is 0.555. The summed E-state index contributed by atoms with van der Waals surface area (Å²) in [5.41, 5.74) is 0. The number of rotatable bonds is 7. The molecule has 0 aliphatic heterocycles. The van der Waals surface area contributed by atoms with Crippen molar-refractivity contribution in [3.05, 3.63) is 12.7 Å². The van der Waals surface area contributed by atoms with Gasteiger partial charge in [-0.25, -0.2) is 0 Å². The largest absolute Gasteiger partial charge is 0.329 e. The fourth-order valence-electron chi connectivity index (χ4n) is 1.03. The van der Waals surface area contributed by atoms with Gasteiger partial charge in [0.25, 0.3) is 0 Å². The standard InChI is InChI=1S/C9H19O2P/c1-4-7-8-9-12(10,6-3)11-5-2/h4H,1,5-9H2,2-3H3. The van der Waals surface area contributed by atoms with Crippen LogP contribution in [0.2, 0.25) is 0 Å². The smallest absolute Gasteiger partial charge is 0.202 e. The van der Waals surface area contributed by atoms with Crippen molar-refractivity contribution < 1.29 is 9.09 Å². The third-order valence-corrected chi connectivity index (χ3v) is 4.44. The number of hydrogen-bond acceptors (Lipinski definition) is 2. The topological polar surface area (TPSA) is 26.3 Å². The molecule has 0 heterocycles. The lowest BCUT2D eigenvalue weighted by Crippen LogP contribution is -1.97. The van der Waals surface area contributed by atoms with Gasteiger partial charge >= 0.3 is 0 Å². The zero-order valence-electron chi connectivity index (χ0n) is 8.08. The first kappa shape index (κ1) is 11.9. The summed E-state index contributed by atoms with van der Waals surface area (Å²) in [7, 11) is -2.28. The zero-order valence-corrected chi connectivity index (χ0v) is 8.98. The van der Waals surface area contributed by atoms with Crippen LogP contribution in [0.15, 0.2) is 12.7 Å². The summed E-state index contributed by atoms with van der Waals surface area (Å²) in [4.78, 5) is 0. The highest BCUT2D eigenvalue weighted by atomic mass is 31.2. The molecule has 3 heteroatoms. The Morgan fingerprint density at radius 1 is 1.50 bits per heavy atom. The third kappa shape index (κ3) is 4.74. The van der Waals surface area contributed by atoms with Crippen LogP contribution in [-0.4, -0.2) is 18.9 Å². The molecule has 0 aromatic carbocycles. The molecule has 1 unspecified atom stereocenters. The van der Waals surface area contributed by atoms with Gasteiger partial charge in [0.15, 0.2) is 0 Å².